The van der Waals surface area contributed by atoms with Gasteiger partial charge in [-0.1, -0.05) is 11.6 Å². The Balaban J connectivity index is 1.88. The van der Waals surface area contributed by atoms with Gasteiger partial charge in [0.25, 0.3) is 0 Å². The van der Waals surface area contributed by atoms with E-state index in [1.807, 2.05) is 25.1 Å². The van der Waals surface area contributed by atoms with Gasteiger partial charge in [0.15, 0.2) is 0 Å². The van der Waals surface area contributed by atoms with Gasteiger partial charge in [-0.2, -0.15) is 0 Å². The van der Waals surface area contributed by atoms with Crippen LogP contribution >= 0.6 is 11.6 Å². The summed E-state index contributed by atoms with van der Waals surface area (Å²) in [5.41, 5.74) is 1.13. The van der Waals surface area contributed by atoms with Gasteiger partial charge in [0.05, 0.1) is 6.61 Å². The first-order chi connectivity index (χ1) is 8.79. The highest BCUT2D eigenvalue weighted by molar-refractivity contribution is 6.30. The van der Waals surface area contributed by atoms with Crippen molar-refractivity contribution in [3.05, 3.63) is 28.8 Å². The number of benzene rings is 1. The van der Waals surface area contributed by atoms with E-state index in [-0.39, 0.29) is 0 Å². The van der Waals surface area contributed by atoms with Gasteiger partial charge in [-0.3, -0.25) is 0 Å². The Kier molecular flexibility index (Phi) is 5.29. The molecule has 0 saturated carbocycles. The number of hydrogen-bond donors (Lipinski definition) is 2. The number of ether oxygens (including phenoxy) is 1. The van der Waals surface area contributed by atoms with Gasteiger partial charge in [0.1, 0.15) is 5.75 Å². The maximum absolute atomic E-state index is 6.03. The molecule has 4 heteroatoms. The third kappa shape index (κ3) is 3.87. The third-order valence-electron chi connectivity index (χ3n) is 3.23. The average molecular weight is 269 g/mol. The number of nitrogens with one attached hydrogen (secondary N) is 2. The zero-order valence-electron chi connectivity index (χ0n) is 10.8. The van der Waals surface area contributed by atoms with E-state index in [4.69, 9.17) is 16.3 Å². The van der Waals surface area contributed by atoms with Gasteiger partial charge in [-0.15, -0.1) is 0 Å². The Morgan fingerprint density at radius 3 is 3.11 bits per heavy atom. The van der Waals surface area contributed by atoms with Gasteiger partial charge >= 0.3 is 0 Å². The van der Waals surface area contributed by atoms with E-state index in [9.17, 15) is 0 Å². The summed E-state index contributed by atoms with van der Waals surface area (Å²) in [6, 6.07) is 5.79. The van der Waals surface area contributed by atoms with Gasteiger partial charge in [-0.05, 0) is 57.1 Å². The van der Waals surface area contributed by atoms with Crippen LogP contribution in [-0.2, 0) is 6.54 Å². The zero-order valence-corrected chi connectivity index (χ0v) is 11.6. The van der Waals surface area contributed by atoms with E-state index in [0.29, 0.717) is 6.61 Å². The zero-order chi connectivity index (χ0) is 12.8. The van der Waals surface area contributed by atoms with Crippen LogP contribution in [0.4, 0.5) is 0 Å². The summed E-state index contributed by atoms with van der Waals surface area (Å²) in [5.74, 6) is 1.68. The molecular formula is C14H21ClN2O. The molecule has 18 heavy (non-hydrogen) atoms. The molecule has 2 N–H and O–H groups in total. The minimum absolute atomic E-state index is 0.682. The van der Waals surface area contributed by atoms with E-state index >= 15 is 0 Å². The molecule has 2 rings (SSSR count). The van der Waals surface area contributed by atoms with Gasteiger partial charge < -0.3 is 15.4 Å². The predicted molar refractivity (Wildman–Crippen MR) is 75.3 cm³/mol. The minimum Gasteiger partial charge on any atom is -0.494 e. The van der Waals surface area contributed by atoms with Crippen molar-refractivity contribution in [3.63, 3.8) is 0 Å². The summed E-state index contributed by atoms with van der Waals surface area (Å²) < 4.78 is 5.60. The van der Waals surface area contributed by atoms with Crippen molar-refractivity contribution in [3.8, 4) is 5.75 Å². The van der Waals surface area contributed by atoms with Crippen molar-refractivity contribution in [2.75, 3.05) is 26.2 Å². The molecule has 100 valence electrons. The van der Waals surface area contributed by atoms with Crippen LogP contribution in [0, 0.1) is 5.92 Å². The molecule has 3 nitrogen and oxygen atoms in total. The van der Waals surface area contributed by atoms with Crippen LogP contribution in [-0.4, -0.2) is 26.2 Å². The lowest BCUT2D eigenvalue weighted by Gasteiger charge is -2.13. The Morgan fingerprint density at radius 2 is 2.39 bits per heavy atom. The van der Waals surface area contributed by atoms with Gasteiger partial charge in [0, 0.05) is 17.1 Å². The largest absolute Gasteiger partial charge is 0.494 e. The molecule has 1 fully saturated rings. The lowest BCUT2D eigenvalue weighted by atomic mass is 10.1. The van der Waals surface area contributed by atoms with Crippen molar-refractivity contribution in [1.82, 2.24) is 10.6 Å². The molecular weight excluding hydrogens is 248 g/mol. The molecule has 1 saturated heterocycles. The van der Waals surface area contributed by atoms with Crippen molar-refractivity contribution >= 4 is 11.6 Å². The standard InChI is InChI=1S/C14H21ClN2O/c1-2-18-14-4-3-13(15)7-12(14)10-17-9-11-5-6-16-8-11/h3-4,7,11,16-17H,2,5-6,8-10H2,1H3/t11-/m0/s1. The van der Waals surface area contributed by atoms with Crippen LogP contribution in [0.3, 0.4) is 0 Å². The van der Waals surface area contributed by atoms with Crippen molar-refractivity contribution in [1.29, 1.82) is 0 Å². The predicted octanol–water partition coefficient (Wildman–Crippen LogP) is 2.44. The highest BCUT2D eigenvalue weighted by Gasteiger charge is 2.13. The first kappa shape index (κ1) is 13.7. The van der Waals surface area contributed by atoms with Crippen LogP contribution in [0.2, 0.25) is 5.02 Å². The molecule has 0 radical (unpaired) electrons. The van der Waals surface area contributed by atoms with E-state index in [1.165, 1.54) is 6.42 Å². The molecule has 1 aliphatic heterocycles. The van der Waals surface area contributed by atoms with Crippen LogP contribution in [0.15, 0.2) is 18.2 Å². The molecule has 1 atom stereocenters. The summed E-state index contributed by atoms with van der Waals surface area (Å²) in [6.07, 6.45) is 1.26. The van der Waals surface area contributed by atoms with E-state index in [2.05, 4.69) is 10.6 Å². The van der Waals surface area contributed by atoms with E-state index < -0.39 is 0 Å². The van der Waals surface area contributed by atoms with Crippen LogP contribution < -0.4 is 15.4 Å². The molecule has 1 aromatic carbocycles. The Hall–Kier alpha value is -0.770. The third-order valence-corrected chi connectivity index (χ3v) is 3.47. The molecule has 0 spiro atoms. The first-order valence-electron chi connectivity index (χ1n) is 6.62. The maximum atomic E-state index is 6.03. The minimum atomic E-state index is 0.682. The highest BCUT2D eigenvalue weighted by Crippen LogP contribution is 2.23. The number of hydrogen-bond acceptors (Lipinski definition) is 3. The fourth-order valence-electron chi connectivity index (χ4n) is 2.28. The normalized spacial score (nSPS) is 19.1. The molecule has 1 aromatic rings. The Morgan fingerprint density at radius 1 is 1.50 bits per heavy atom. The SMILES string of the molecule is CCOc1ccc(Cl)cc1CNC[C@H]1CCNC1. The van der Waals surface area contributed by atoms with Crippen molar-refractivity contribution in [2.24, 2.45) is 5.92 Å². The summed E-state index contributed by atoms with van der Waals surface area (Å²) in [4.78, 5) is 0. The second-order valence-corrected chi connectivity index (χ2v) is 5.11. The topological polar surface area (TPSA) is 33.3 Å². The molecule has 0 aliphatic carbocycles. The van der Waals surface area contributed by atoms with Crippen molar-refractivity contribution in [2.45, 2.75) is 19.9 Å². The summed E-state index contributed by atoms with van der Waals surface area (Å²) in [6.45, 7) is 6.81. The van der Waals surface area contributed by atoms with E-state index in [0.717, 1.165) is 48.4 Å². The second-order valence-electron chi connectivity index (χ2n) is 4.67. The molecule has 0 aromatic heterocycles. The highest BCUT2D eigenvalue weighted by atomic mass is 35.5. The van der Waals surface area contributed by atoms with Gasteiger partial charge in [0.2, 0.25) is 0 Å². The Bertz CT molecular complexity index is 378. The monoisotopic (exact) mass is 268 g/mol. The van der Waals surface area contributed by atoms with Crippen LogP contribution in [0.1, 0.15) is 18.9 Å². The van der Waals surface area contributed by atoms with Gasteiger partial charge in [-0.25, -0.2) is 0 Å². The Labute approximate surface area is 114 Å². The first-order valence-corrected chi connectivity index (χ1v) is 7.00. The summed E-state index contributed by atoms with van der Waals surface area (Å²) in [7, 11) is 0. The molecule has 0 unspecified atom stereocenters. The second kappa shape index (κ2) is 6.98. The summed E-state index contributed by atoms with van der Waals surface area (Å²) in [5, 5.41) is 7.63. The maximum Gasteiger partial charge on any atom is 0.123 e. The smallest absolute Gasteiger partial charge is 0.123 e. The average Bonchev–Trinajstić information content (AvgIpc) is 2.86. The number of rotatable bonds is 6. The quantitative estimate of drug-likeness (QED) is 0.831. The number of halogens is 1. The van der Waals surface area contributed by atoms with Crippen LogP contribution in [0.25, 0.3) is 0 Å². The molecule has 0 bridgehead atoms. The lowest BCUT2D eigenvalue weighted by molar-refractivity contribution is 0.335. The molecule has 0 amide bonds. The molecule has 1 aliphatic rings. The fourth-order valence-corrected chi connectivity index (χ4v) is 2.48. The van der Waals surface area contributed by atoms with Crippen molar-refractivity contribution < 1.29 is 4.74 Å². The van der Waals surface area contributed by atoms with E-state index in [1.54, 1.807) is 0 Å². The lowest BCUT2D eigenvalue weighted by Crippen LogP contribution is -2.24. The molecule has 1 heterocycles. The summed E-state index contributed by atoms with van der Waals surface area (Å²) >= 11 is 6.03. The fraction of sp³-hybridized carbons (Fsp3) is 0.571. The van der Waals surface area contributed by atoms with Crippen LogP contribution in [0.5, 0.6) is 5.75 Å².